The van der Waals surface area contributed by atoms with Gasteiger partial charge in [0.1, 0.15) is 5.72 Å². The van der Waals surface area contributed by atoms with Crippen molar-refractivity contribution in [3.05, 3.63) is 0 Å². The van der Waals surface area contributed by atoms with Crippen LogP contribution in [0, 0.1) is 5.92 Å². The van der Waals surface area contributed by atoms with E-state index in [1.54, 1.807) is 0 Å². The Balaban J connectivity index is 1.92. The average molecular weight is 169 g/mol. The molecule has 2 nitrogen and oxygen atoms in total. The van der Waals surface area contributed by atoms with E-state index in [1.807, 2.05) is 0 Å². The maximum absolute atomic E-state index is 5.91. The predicted octanol–water partition coefficient (Wildman–Crippen LogP) is 1.90. The molecule has 1 aliphatic heterocycles. The van der Waals surface area contributed by atoms with Gasteiger partial charge in [-0.3, -0.25) is 5.32 Å². The average Bonchev–Trinajstić information content (AvgIpc) is 2.13. The molecule has 2 fully saturated rings. The molecule has 1 aliphatic carbocycles. The van der Waals surface area contributed by atoms with Crippen molar-refractivity contribution < 1.29 is 4.74 Å². The van der Waals surface area contributed by atoms with E-state index in [9.17, 15) is 0 Å². The van der Waals surface area contributed by atoms with Crippen molar-refractivity contribution in [3.63, 3.8) is 0 Å². The van der Waals surface area contributed by atoms with Gasteiger partial charge in [0.25, 0.3) is 0 Å². The Morgan fingerprint density at radius 1 is 1.25 bits per heavy atom. The first-order valence-corrected chi connectivity index (χ1v) is 5.20. The van der Waals surface area contributed by atoms with Gasteiger partial charge in [-0.15, -0.1) is 0 Å². The minimum Gasteiger partial charge on any atom is -0.360 e. The largest absolute Gasteiger partial charge is 0.360 e. The lowest BCUT2D eigenvalue weighted by Gasteiger charge is -2.43. The molecule has 12 heavy (non-hydrogen) atoms. The lowest BCUT2D eigenvalue weighted by Crippen LogP contribution is -2.55. The van der Waals surface area contributed by atoms with E-state index >= 15 is 0 Å². The summed E-state index contributed by atoms with van der Waals surface area (Å²) in [5.74, 6) is 0.692. The Morgan fingerprint density at radius 3 is 2.58 bits per heavy atom. The summed E-state index contributed by atoms with van der Waals surface area (Å²) in [7, 11) is 0. The van der Waals surface area contributed by atoms with Crippen LogP contribution >= 0.6 is 0 Å². The van der Waals surface area contributed by atoms with Crippen LogP contribution < -0.4 is 5.32 Å². The van der Waals surface area contributed by atoms with Gasteiger partial charge in [-0.25, -0.2) is 0 Å². The van der Waals surface area contributed by atoms with E-state index in [-0.39, 0.29) is 5.72 Å². The normalized spacial score (nSPS) is 35.2. The van der Waals surface area contributed by atoms with Crippen LogP contribution in [0.25, 0.3) is 0 Å². The van der Waals surface area contributed by atoms with Crippen LogP contribution in [0.5, 0.6) is 0 Å². The molecule has 1 spiro atoms. The fraction of sp³-hybridized carbons (Fsp3) is 1.00. The van der Waals surface area contributed by atoms with Crippen LogP contribution in [-0.4, -0.2) is 18.9 Å². The van der Waals surface area contributed by atoms with Gasteiger partial charge in [-0.2, -0.15) is 0 Å². The molecule has 0 aromatic carbocycles. The SMILES string of the molecule is CC1CNC2(CCCCC2)OC1. The van der Waals surface area contributed by atoms with Crippen molar-refractivity contribution in [2.24, 2.45) is 5.92 Å². The van der Waals surface area contributed by atoms with Crippen molar-refractivity contribution in [1.29, 1.82) is 0 Å². The summed E-state index contributed by atoms with van der Waals surface area (Å²) in [5, 5.41) is 3.56. The number of rotatable bonds is 0. The molecule has 2 aliphatic rings. The molecule has 1 atom stereocenters. The Labute approximate surface area is 74.7 Å². The van der Waals surface area contributed by atoms with Crippen molar-refractivity contribution >= 4 is 0 Å². The molecule has 0 aromatic heterocycles. The van der Waals surface area contributed by atoms with Crippen molar-refractivity contribution in [2.45, 2.75) is 44.8 Å². The zero-order valence-corrected chi connectivity index (χ0v) is 7.94. The zero-order valence-electron chi connectivity index (χ0n) is 7.94. The zero-order chi connectivity index (χ0) is 8.44. The van der Waals surface area contributed by atoms with E-state index in [2.05, 4.69) is 12.2 Å². The fourth-order valence-corrected chi connectivity index (χ4v) is 2.22. The molecule has 0 amide bonds. The molecule has 1 heterocycles. The second-order valence-corrected chi connectivity index (χ2v) is 4.35. The van der Waals surface area contributed by atoms with Gasteiger partial charge >= 0.3 is 0 Å². The molecule has 0 radical (unpaired) electrons. The van der Waals surface area contributed by atoms with E-state index in [4.69, 9.17) is 4.74 Å². The second kappa shape index (κ2) is 3.35. The molecule has 2 rings (SSSR count). The highest BCUT2D eigenvalue weighted by Crippen LogP contribution is 2.31. The molecule has 0 bridgehead atoms. The van der Waals surface area contributed by atoms with E-state index in [1.165, 1.54) is 32.1 Å². The second-order valence-electron chi connectivity index (χ2n) is 4.35. The first-order chi connectivity index (χ1) is 5.81. The van der Waals surface area contributed by atoms with Gasteiger partial charge in [0.05, 0.1) is 6.61 Å². The van der Waals surface area contributed by atoms with Crippen LogP contribution in [0.1, 0.15) is 39.0 Å². The highest BCUT2D eigenvalue weighted by atomic mass is 16.5. The summed E-state index contributed by atoms with van der Waals surface area (Å²) in [6.07, 6.45) is 6.50. The summed E-state index contributed by atoms with van der Waals surface area (Å²) < 4.78 is 5.91. The van der Waals surface area contributed by atoms with Gasteiger partial charge in [0.15, 0.2) is 0 Å². The number of hydrogen-bond acceptors (Lipinski definition) is 2. The Kier molecular flexibility index (Phi) is 2.37. The Hall–Kier alpha value is -0.0800. The first kappa shape index (κ1) is 8.52. The molecular weight excluding hydrogens is 150 g/mol. The van der Waals surface area contributed by atoms with Crippen molar-refractivity contribution in [3.8, 4) is 0 Å². The molecular formula is C10H19NO. The molecule has 0 aromatic rings. The maximum atomic E-state index is 5.91. The minimum atomic E-state index is 0.0881. The van der Waals surface area contributed by atoms with Gasteiger partial charge in [0.2, 0.25) is 0 Å². The number of ether oxygens (including phenoxy) is 1. The van der Waals surface area contributed by atoms with Gasteiger partial charge in [0, 0.05) is 6.54 Å². The molecule has 1 unspecified atom stereocenters. The summed E-state index contributed by atoms with van der Waals surface area (Å²) >= 11 is 0. The van der Waals surface area contributed by atoms with Gasteiger partial charge in [-0.05, 0) is 31.6 Å². The van der Waals surface area contributed by atoms with Crippen LogP contribution in [-0.2, 0) is 4.74 Å². The molecule has 1 saturated carbocycles. The van der Waals surface area contributed by atoms with Gasteiger partial charge < -0.3 is 4.74 Å². The monoisotopic (exact) mass is 169 g/mol. The topological polar surface area (TPSA) is 21.3 Å². The molecule has 1 N–H and O–H groups in total. The summed E-state index contributed by atoms with van der Waals surface area (Å²) in [4.78, 5) is 0. The third-order valence-corrected chi connectivity index (χ3v) is 3.08. The quantitative estimate of drug-likeness (QED) is 0.598. The first-order valence-electron chi connectivity index (χ1n) is 5.20. The van der Waals surface area contributed by atoms with Crippen LogP contribution in [0.2, 0.25) is 0 Å². The number of nitrogens with one attached hydrogen (secondary N) is 1. The highest BCUT2D eigenvalue weighted by molar-refractivity contribution is 4.85. The third kappa shape index (κ3) is 1.64. The Bertz CT molecular complexity index is 142. The van der Waals surface area contributed by atoms with E-state index in [0.717, 1.165) is 13.2 Å². The number of hydrogen-bond donors (Lipinski definition) is 1. The lowest BCUT2D eigenvalue weighted by molar-refractivity contribution is -0.132. The van der Waals surface area contributed by atoms with Crippen LogP contribution in [0.3, 0.4) is 0 Å². The fourth-order valence-electron chi connectivity index (χ4n) is 2.22. The summed E-state index contributed by atoms with van der Waals surface area (Å²) in [6, 6.07) is 0. The summed E-state index contributed by atoms with van der Waals surface area (Å²) in [5.41, 5.74) is 0.0881. The smallest absolute Gasteiger partial charge is 0.119 e. The predicted molar refractivity (Wildman–Crippen MR) is 48.9 cm³/mol. The van der Waals surface area contributed by atoms with Crippen LogP contribution in [0.15, 0.2) is 0 Å². The Morgan fingerprint density at radius 2 is 2.00 bits per heavy atom. The summed E-state index contributed by atoms with van der Waals surface area (Å²) in [6.45, 7) is 4.33. The molecule has 70 valence electrons. The standard InChI is InChI=1S/C10H19NO/c1-9-7-11-10(12-8-9)5-3-2-4-6-10/h9,11H,2-8H2,1H3. The highest BCUT2D eigenvalue weighted by Gasteiger charge is 2.35. The van der Waals surface area contributed by atoms with Crippen molar-refractivity contribution in [1.82, 2.24) is 5.32 Å². The molecule has 2 heteroatoms. The van der Waals surface area contributed by atoms with E-state index < -0.39 is 0 Å². The van der Waals surface area contributed by atoms with Crippen molar-refractivity contribution in [2.75, 3.05) is 13.2 Å². The molecule has 1 saturated heterocycles. The van der Waals surface area contributed by atoms with Gasteiger partial charge in [-0.1, -0.05) is 13.3 Å². The van der Waals surface area contributed by atoms with E-state index in [0.29, 0.717) is 5.92 Å². The maximum Gasteiger partial charge on any atom is 0.119 e. The minimum absolute atomic E-state index is 0.0881. The van der Waals surface area contributed by atoms with Crippen LogP contribution in [0.4, 0.5) is 0 Å². The third-order valence-electron chi connectivity index (χ3n) is 3.08. The lowest BCUT2D eigenvalue weighted by atomic mass is 9.90.